The van der Waals surface area contributed by atoms with E-state index in [0.717, 1.165) is 10.9 Å². The smallest absolute Gasteiger partial charge is 0.262 e. The van der Waals surface area contributed by atoms with Gasteiger partial charge in [0.25, 0.3) is 5.56 Å². The van der Waals surface area contributed by atoms with Gasteiger partial charge in [-0.15, -0.1) is 0 Å². The van der Waals surface area contributed by atoms with Crippen LogP contribution in [-0.4, -0.2) is 41.5 Å². The van der Waals surface area contributed by atoms with Crippen LogP contribution in [0.15, 0.2) is 56.9 Å². The van der Waals surface area contributed by atoms with Crippen molar-refractivity contribution in [3.8, 4) is 0 Å². The second-order valence-electron chi connectivity index (χ2n) is 6.82. The molecule has 1 amide bonds. The summed E-state index contributed by atoms with van der Waals surface area (Å²) < 4.78 is 7.53. The normalized spacial score (nSPS) is 11.0. The van der Waals surface area contributed by atoms with Crippen molar-refractivity contribution in [2.75, 3.05) is 26.0 Å². The Balaban J connectivity index is 1.68. The molecule has 0 aliphatic carbocycles. The maximum absolute atomic E-state index is 12.9. The highest BCUT2D eigenvalue weighted by atomic mass is 79.9. The Labute approximate surface area is 188 Å². The van der Waals surface area contributed by atoms with Crippen LogP contribution >= 0.6 is 27.7 Å². The Morgan fingerprint density at radius 3 is 2.83 bits per heavy atom. The van der Waals surface area contributed by atoms with Crippen molar-refractivity contribution in [2.24, 2.45) is 0 Å². The molecule has 3 aromatic rings. The van der Waals surface area contributed by atoms with Crippen LogP contribution in [-0.2, 0) is 22.5 Å². The van der Waals surface area contributed by atoms with Gasteiger partial charge in [0, 0.05) is 18.1 Å². The Kier molecular flexibility index (Phi) is 8.07. The standard InChI is InChI=1S/C22H24BrN3O3S/c1-15-5-3-4-6-16(15)9-10-24-20(27)14-30-22-25-19-8-7-17(23)13-18(19)21(28)26(22)11-12-29-2/h3-8,13H,9-12,14H2,1-2H3,(H,24,27). The van der Waals surface area contributed by atoms with Gasteiger partial charge in [-0.3, -0.25) is 14.2 Å². The first-order chi connectivity index (χ1) is 14.5. The highest BCUT2D eigenvalue weighted by molar-refractivity contribution is 9.10. The first kappa shape index (κ1) is 22.5. The highest BCUT2D eigenvalue weighted by Crippen LogP contribution is 2.20. The number of aryl methyl sites for hydroxylation is 1. The lowest BCUT2D eigenvalue weighted by Crippen LogP contribution is -2.29. The summed E-state index contributed by atoms with van der Waals surface area (Å²) in [6, 6.07) is 13.6. The van der Waals surface area contributed by atoms with Gasteiger partial charge in [-0.05, 0) is 42.7 Å². The Morgan fingerprint density at radius 1 is 1.27 bits per heavy atom. The summed E-state index contributed by atoms with van der Waals surface area (Å²) in [6.45, 7) is 3.40. The van der Waals surface area contributed by atoms with E-state index in [1.807, 2.05) is 18.2 Å². The molecule has 0 unspecified atom stereocenters. The molecule has 3 rings (SSSR count). The van der Waals surface area contributed by atoms with Crippen LogP contribution in [0.25, 0.3) is 10.9 Å². The molecule has 1 aromatic heterocycles. The number of nitrogens with one attached hydrogen (secondary N) is 1. The first-order valence-corrected chi connectivity index (χ1v) is 11.4. The monoisotopic (exact) mass is 489 g/mol. The molecule has 0 saturated carbocycles. The summed E-state index contributed by atoms with van der Waals surface area (Å²) in [5.41, 5.74) is 2.91. The van der Waals surface area contributed by atoms with Gasteiger partial charge in [0.1, 0.15) is 0 Å². The Hall–Kier alpha value is -2.16. The number of amides is 1. The number of halogens is 1. The lowest BCUT2D eigenvalue weighted by Gasteiger charge is -2.13. The summed E-state index contributed by atoms with van der Waals surface area (Å²) in [4.78, 5) is 29.9. The van der Waals surface area contributed by atoms with Gasteiger partial charge in [0.2, 0.25) is 5.91 Å². The van der Waals surface area contributed by atoms with Crippen molar-refractivity contribution >= 4 is 44.5 Å². The van der Waals surface area contributed by atoms with Crippen LogP contribution in [0.3, 0.4) is 0 Å². The van der Waals surface area contributed by atoms with Crippen molar-refractivity contribution in [1.82, 2.24) is 14.9 Å². The van der Waals surface area contributed by atoms with Crippen LogP contribution < -0.4 is 10.9 Å². The Morgan fingerprint density at radius 2 is 2.07 bits per heavy atom. The summed E-state index contributed by atoms with van der Waals surface area (Å²) in [5.74, 6) is 0.104. The molecular formula is C22H24BrN3O3S. The molecule has 0 radical (unpaired) electrons. The molecule has 30 heavy (non-hydrogen) atoms. The highest BCUT2D eigenvalue weighted by Gasteiger charge is 2.13. The van der Waals surface area contributed by atoms with Gasteiger partial charge in [-0.2, -0.15) is 0 Å². The van der Waals surface area contributed by atoms with Crippen molar-refractivity contribution in [1.29, 1.82) is 0 Å². The zero-order valence-corrected chi connectivity index (χ0v) is 19.4. The molecule has 0 saturated heterocycles. The molecule has 0 fully saturated rings. The summed E-state index contributed by atoms with van der Waals surface area (Å²) >= 11 is 4.66. The van der Waals surface area contributed by atoms with E-state index < -0.39 is 0 Å². The summed E-state index contributed by atoms with van der Waals surface area (Å²) in [6.07, 6.45) is 0.782. The van der Waals surface area contributed by atoms with E-state index in [0.29, 0.717) is 35.8 Å². The summed E-state index contributed by atoms with van der Waals surface area (Å²) in [5, 5.41) is 3.99. The van der Waals surface area contributed by atoms with Gasteiger partial charge in [0.05, 0.1) is 29.8 Å². The molecule has 2 aromatic carbocycles. The largest absolute Gasteiger partial charge is 0.383 e. The van der Waals surface area contributed by atoms with Crippen LogP contribution in [0.2, 0.25) is 0 Å². The van der Waals surface area contributed by atoms with Gasteiger partial charge in [-0.1, -0.05) is 52.0 Å². The number of carbonyl (C=O) groups excluding carboxylic acids is 1. The first-order valence-electron chi connectivity index (χ1n) is 9.62. The van der Waals surface area contributed by atoms with E-state index in [-0.39, 0.29) is 17.2 Å². The molecule has 0 bridgehead atoms. The minimum Gasteiger partial charge on any atom is -0.383 e. The fourth-order valence-electron chi connectivity index (χ4n) is 3.07. The van der Waals surface area contributed by atoms with Gasteiger partial charge in [0.15, 0.2) is 5.16 Å². The fourth-order valence-corrected chi connectivity index (χ4v) is 4.29. The zero-order valence-electron chi connectivity index (χ0n) is 17.0. The summed E-state index contributed by atoms with van der Waals surface area (Å²) in [7, 11) is 1.59. The van der Waals surface area contributed by atoms with Crippen LogP contribution in [0.4, 0.5) is 0 Å². The molecule has 0 aliphatic heterocycles. The van der Waals surface area contributed by atoms with E-state index in [1.54, 1.807) is 23.8 Å². The molecule has 1 N–H and O–H groups in total. The second kappa shape index (κ2) is 10.7. The van der Waals surface area contributed by atoms with Crippen LogP contribution in [0.5, 0.6) is 0 Å². The van der Waals surface area contributed by atoms with Gasteiger partial charge in [-0.25, -0.2) is 4.98 Å². The minimum atomic E-state index is -0.138. The predicted octanol–water partition coefficient (Wildman–Crippen LogP) is 3.56. The second-order valence-corrected chi connectivity index (χ2v) is 8.68. The quantitative estimate of drug-likeness (QED) is 0.367. The fraction of sp³-hybridized carbons (Fsp3) is 0.318. The molecule has 0 spiro atoms. The van der Waals surface area contributed by atoms with Crippen molar-refractivity contribution in [3.05, 3.63) is 68.4 Å². The van der Waals surface area contributed by atoms with Crippen molar-refractivity contribution in [2.45, 2.75) is 25.0 Å². The number of carbonyl (C=O) groups is 1. The maximum Gasteiger partial charge on any atom is 0.262 e. The molecule has 0 atom stereocenters. The molecule has 0 aliphatic rings. The average molecular weight is 490 g/mol. The van der Waals surface area contributed by atoms with E-state index >= 15 is 0 Å². The minimum absolute atomic E-state index is 0.0861. The van der Waals surface area contributed by atoms with Gasteiger partial charge >= 0.3 is 0 Å². The predicted molar refractivity (Wildman–Crippen MR) is 124 cm³/mol. The number of nitrogens with zero attached hydrogens (tertiary/aromatic N) is 2. The van der Waals surface area contributed by atoms with Crippen LogP contribution in [0.1, 0.15) is 11.1 Å². The van der Waals surface area contributed by atoms with Crippen molar-refractivity contribution < 1.29 is 9.53 Å². The number of rotatable bonds is 9. The number of thioether (sulfide) groups is 1. The lowest BCUT2D eigenvalue weighted by atomic mass is 10.1. The number of hydrogen-bond donors (Lipinski definition) is 1. The van der Waals surface area contributed by atoms with E-state index in [9.17, 15) is 9.59 Å². The number of benzene rings is 2. The molecule has 6 nitrogen and oxygen atoms in total. The topological polar surface area (TPSA) is 73.2 Å². The Bertz CT molecular complexity index is 1100. The molecule has 8 heteroatoms. The van der Waals surface area contributed by atoms with E-state index in [1.165, 1.54) is 22.9 Å². The maximum atomic E-state index is 12.9. The lowest BCUT2D eigenvalue weighted by molar-refractivity contribution is -0.118. The van der Waals surface area contributed by atoms with Crippen molar-refractivity contribution in [3.63, 3.8) is 0 Å². The number of methoxy groups -OCH3 is 1. The zero-order chi connectivity index (χ0) is 21.5. The average Bonchev–Trinajstić information content (AvgIpc) is 2.73. The number of fused-ring (bicyclic) bond motifs is 1. The number of aromatic nitrogens is 2. The molecule has 158 valence electrons. The number of hydrogen-bond acceptors (Lipinski definition) is 5. The van der Waals surface area contributed by atoms with Gasteiger partial charge < -0.3 is 10.1 Å². The third kappa shape index (κ3) is 5.71. The molecule has 1 heterocycles. The number of ether oxygens (including phenoxy) is 1. The van der Waals surface area contributed by atoms with Crippen LogP contribution in [0, 0.1) is 6.92 Å². The third-order valence-corrected chi connectivity index (χ3v) is 6.18. The van der Waals surface area contributed by atoms with E-state index in [4.69, 9.17) is 4.74 Å². The molecular weight excluding hydrogens is 466 g/mol. The third-order valence-electron chi connectivity index (χ3n) is 4.71. The van der Waals surface area contributed by atoms with E-state index in [2.05, 4.69) is 45.3 Å². The SMILES string of the molecule is COCCn1c(SCC(=O)NCCc2ccccc2C)nc2ccc(Br)cc2c1=O.